The molecule has 1 aliphatic heterocycles. The van der Waals surface area contributed by atoms with Crippen molar-refractivity contribution in [2.45, 2.75) is 25.3 Å². The number of piperidine rings is 1. The molecule has 1 aliphatic rings. The van der Waals surface area contributed by atoms with Crippen LogP contribution >= 0.6 is 11.3 Å². The zero-order valence-electron chi connectivity index (χ0n) is 12.4. The molecule has 4 rings (SSSR count). The van der Waals surface area contributed by atoms with E-state index < -0.39 is 0 Å². The van der Waals surface area contributed by atoms with E-state index >= 15 is 0 Å². The fourth-order valence-electron chi connectivity index (χ4n) is 3.16. The minimum absolute atomic E-state index is 0.0359. The number of fused-ring (bicyclic) bond motifs is 1. The first-order valence-electron chi connectivity index (χ1n) is 7.65. The largest absolute Gasteiger partial charge is 0.329 e. The third kappa shape index (κ3) is 2.46. The summed E-state index contributed by atoms with van der Waals surface area (Å²) in [5.41, 5.74) is 0.638. The number of imidazole rings is 1. The van der Waals surface area contributed by atoms with Crippen molar-refractivity contribution >= 4 is 23.0 Å². The summed E-state index contributed by atoms with van der Waals surface area (Å²) in [6, 6.07) is 5.21. The predicted molar refractivity (Wildman–Crippen MR) is 87.8 cm³/mol. The fourth-order valence-corrected chi connectivity index (χ4v) is 3.84. The third-order valence-electron chi connectivity index (χ3n) is 4.27. The van der Waals surface area contributed by atoms with E-state index in [1.807, 2.05) is 22.4 Å². The molecule has 23 heavy (non-hydrogen) atoms. The average molecular weight is 328 g/mol. The van der Waals surface area contributed by atoms with Crippen LogP contribution in [0.4, 0.5) is 0 Å². The van der Waals surface area contributed by atoms with Crippen LogP contribution in [0.15, 0.2) is 40.8 Å². The normalized spacial score (nSPS) is 18.4. The van der Waals surface area contributed by atoms with E-state index in [9.17, 15) is 9.59 Å². The van der Waals surface area contributed by atoms with Crippen LogP contribution < -0.4 is 5.56 Å². The van der Waals surface area contributed by atoms with Crippen LogP contribution in [0.25, 0.3) is 5.78 Å². The first-order valence-corrected chi connectivity index (χ1v) is 8.53. The van der Waals surface area contributed by atoms with E-state index in [2.05, 4.69) is 9.97 Å². The van der Waals surface area contributed by atoms with E-state index in [1.54, 1.807) is 18.5 Å². The van der Waals surface area contributed by atoms with Gasteiger partial charge in [0.2, 0.25) is 5.78 Å². The molecule has 7 heteroatoms. The number of nitrogens with one attached hydrogen (secondary N) is 1. The summed E-state index contributed by atoms with van der Waals surface area (Å²) >= 11 is 1.45. The smallest absolute Gasteiger partial charge is 0.264 e. The second-order valence-corrected chi connectivity index (χ2v) is 6.62. The van der Waals surface area contributed by atoms with E-state index in [0.29, 0.717) is 12.3 Å². The zero-order chi connectivity index (χ0) is 15.8. The number of thiophene rings is 1. The van der Waals surface area contributed by atoms with Gasteiger partial charge in [0, 0.05) is 30.7 Å². The van der Waals surface area contributed by atoms with Gasteiger partial charge in [0.1, 0.15) is 0 Å². The van der Waals surface area contributed by atoms with E-state index in [0.717, 1.165) is 29.8 Å². The van der Waals surface area contributed by atoms with Crippen molar-refractivity contribution in [2.75, 3.05) is 6.54 Å². The number of likely N-dealkylation sites (tertiary alicyclic amines) is 1. The summed E-state index contributed by atoms with van der Waals surface area (Å²) < 4.78 is 1.47. The van der Waals surface area contributed by atoms with Crippen molar-refractivity contribution in [3.8, 4) is 0 Å². The van der Waals surface area contributed by atoms with Crippen LogP contribution in [0, 0.1) is 0 Å². The van der Waals surface area contributed by atoms with Gasteiger partial charge in [-0.2, -0.15) is 0 Å². The van der Waals surface area contributed by atoms with Gasteiger partial charge in [-0.3, -0.25) is 14.0 Å². The Labute approximate surface area is 136 Å². The molecule has 4 heterocycles. The maximum absolute atomic E-state index is 12.8. The molecule has 0 radical (unpaired) electrons. The minimum atomic E-state index is -0.125. The molecule has 0 unspecified atom stereocenters. The molecule has 3 aromatic heterocycles. The number of hydrogen-bond acceptors (Lipinski definition) is 4. The van der Waals surface area contributed by atoms with Crippen LogP contribution in [0.2, 0.25) is 0 Å². The SMILES string of the molecule is O=C(c1cccs1)N1CCCC[C@@H]1c1cc(=O)n2ccnc2[nH]1. The molecule has 0 aromatic carbocycles. The average Bonchev–Trinajstić information content (AvgIpc) is 3.25. The Morgan fingerprint density at radius 1 is 1.39 bits per heavy atom. The first-order chi connectivity index (χ1) is 11.2. The Morgan fingerprint density at radius 2 is 2.30 bits per heavy atom. The van der Waals surface area contributed by atoms with Crippen molar-refractivity contribution in [2.24, 2.45) is 0 Å². The molecular formula is C16H16N4O2S. The first kappa shape index (κ1) is 14.2. The minimum Gasteiger partial charge on any atom is -0.329 e. The summed E-state index contributed by atoms with van der Waals surface area (Å²) in [4.78, 5) is 35.0. The Balaban J connectivity index is 1.74. The van der Waals surface area contributed by atoms with Crippen LogP contribution in [-0.2, 0) is 0 Å². The van der Waals surface area contributed by atoms with Crippen LogP contribution in [0.5, 0.6) is 0 Å². The Hall–Kier alpha value is -2.41. The predicted octanol–water partition coefficient (Wildman–Crippen LogP) is 2.45. The van der Waals surface area contributed by atoms with Crippen LogP contribution in [-0.4, -0.2) is 31.7 Å². The molecule has 0 spiro atoms. The van der Waals surface area contributed by atoms with E-state index in [4.69, 9.17) is 0 Å². The lowest BCUT2D eigenvalue weighted by molar-refractivity contribution is 0.0611. The highest BCUT2D eigenvalue weighted by atomic mass is 32.1. The van der Waals surface area contributed by atoms with Crippen molar-refractivity contribution in [3.63, 3.8) is 0 Å². The molecule has 0 saturated carbocycles. The number of amides is 1. The van der Waals surface area contributed by atoms with Gasteiger partial charge >= 0.3 is 0 Å². The summed E-state index contributed by atoms with van der Waals surface area (Å²) in [6.07, 6.45) is 6.10. The van der Waals surface area contributed by atoms with Gasteiger partial charge in [-0.1, -0.05) is 6.07 Å². The maximum atomic E-state index is 12.8. The highest BCUT2D eigenvalue weighted by Gasteiger charge is 2.30. The standard InChI is InChI=1S/C16H16N4O2S/c21-14-10-11(18-16-17-6-8-20(14)16)12-4-1-2-7-19(12)15(22)13-5-3-9-23-13/h3,5-6,8-10,12H,1-2,4,7H2,(H,17,18)/t12-/m1/s1. The molecule has 0 aliphatic carbocycles. The molecule has 1 saturated heterocycles. The Morgan fingerprint density at radius 3 is 3.13 bits per heavy atom. The second-order valence-electron chi connectivity index (χ2n) is 5.67. The molecule has 1 fully saturated rings. The molecule has 1 atom stereocenters. The number of rotatable bonds is 2. The topological polar surface area (TPSA) is 70.5 Å². The lowest BCUT2D eigenvalue weighted by Gasteiger charge is -2.35. The number of hydrogen-bond donors (Lipinski definition) is 1. The fraction of sp³-hybridized carbons (Fsp3) is 0.312. The Bertz CT molecular complexity index is 896. The number of aromatic amines is 1. The third-order valence-corrected chi connectivity index (χ3v) is 5.13. The van der Waals surface area contributed by atoms with Gasteiger partial charge in [0.05, 0.1) is 10.9 Å². The van der Waals surface area contributed by atoms with E-state index in [-0.39, 0.29) is 17.5 Å². The summed E-state index contributed by atoms with van der Waals surface area (Å²) in [5.74, 6) is 0.551. The highest BCUT2D eigenvalue weighted by molar-refractivity contribution is 7.12. The number of nitrogens with zero attached hydrogens (tertiary/aromatic N) is 3. The molecule has 1 amide bonds. The molecule has 1 N–H and O–H groups in total. The monoisotopic (exact) mass is 328 g/mol. The number of carbonyl (C=O) groups excluding carboxylic acids is 1. The maximum Gasteiger partial charge on any atom is 0.264 e. The molecular weight excluding hydrogens is 312 g/mol. The number of carbonyl (C=O) groups is 1. The number of H-pyrrole nitrogens is 1. The summed E-state index contributed by atoms with van der Waals surface area (Å²) in [6.45, 7) is 0.711. The quantitative estimate of drug-likeness (QED) is 0.785. The lowest BCUT2D eigenvalue weighted by Crippen LogP contribution is -2.39. The van der Waals surface area contributed by atoms with Crippen molar-refractivity contribution < 1.29 is 4.79 Å². The van der Waals surface area contributed by atoms with Crippen LogP contribution in [0.1, 0.15) is 40.7 Å². The van der Waals surface area contributed by atoms with Gasteiger partial charge in [0.15, 0.2) is 0 Å². The molecule has 6 nitrogen and oxygen atoms in total. The molecule has 3 aromatic rings. The van der Waals surface area contributed by atoms with Gasteiger partial charge in [-0.05, 0) is 30.7 Å². The molecule has 0 bridgehead atoms. The van der Waals surface area contributed by atoms with Crippen molar-refractivity contribution in [3.05, 3.63) is 56.9 Å². The van der Waals surface area contributed by atoms with Crippen LogP contribution in [0.3, 0.4) is 0 Å². The van der Waals surface area contributed by atoms with Gasteiger partial charge < -0.3 is 9.88 Å². The summed E-state index contributed by atoms with van der Waals surface area (Å²) in [7, 11) is 0. The lowest BCUT2D eigenvalue weighted by atomic mass is 9.98. The van der Waals surface area contributed by atoms with Gasteiger partial charge in [0.25, 0.3) is 11.5 Å². The van der Waals surface area contributed by atoms with Crippen molar-refractivity contribution in [1.29, 1.82) is 0 Å². The summed E-state index contributed by atoms with van der Waals surface area (Å²) in [5, 5.41) is 1.91. The highest BCUT2D eigenvalue weighted by Crippen LogP contribution is 2.31. The molecule has 118 valence electrons. The number of aromatic nitrogens is 3. The van der Waals surface area contributed by atoms with Crippen molar-refractivity contribution in [1.82, 2.24) is 19.3 Å². The zero-order valence-corrected chi connectivity index (χ0v) is 13.3. The van der Waals surface area contributed by atoms with E-state index in [1.165, 1.54) is 15.7 Å². The van der Waals surface area contributed by atoms with Gasteiger partial charge in [-0.25, -0.2) is 4.98 Å². The van der Waals surface area contributed by atoms with Gasteiger partial charge in [-0.15, -0.1) is 11.3 Å². The Kier molecular flexibility index (Phi) is 3.49. The second kappa shape index (κ2) is 5.66.